The summed E-state index contributed by atoms with van der Waals surface area (Å²) >= 11 is 0. The van der Waals surface area contributed by atoms with Gasteiger partial charge < -0.3 is 0 Å². The number of allylic oxidation sites excluding steroid dienone is 1. The van der Waals surface area contributed by atoms with Crippen LogP contribution in [-0.4, -0.2) is 15.5 Å². The van der Waals surface area contributed by atoms with Gasteiger partial charge in [0.05, 0.1) is 0 Å². The largest absolute Gasteiger partial charge is 0.274 e. The van der Waals surface area contributed by atoms with Gasteiger partial charge in [-0.05, 0) is 13.0 Å². The third-order valence-electron chi connectivity index (χ3n) is 1.77. The molecule has 120 valence electrons. The Morgan fingerprint density at radius 3 is 1.90 bits per heavy atom. The lowest BCUT2D eigenvalue weighted by atomic mass is 10.3. The number of aryl methyl sites for hydroxylation is 1. The summed E-state index contributed by atoms with van der Waals surface area (Å²) in [5, 5.41) is 0. The third-order valence-corrected chi connectivity index (χ3v) is 1.77. The van der Waals surface area contributed by atoms with Gasteiger partial charge in [0.25, 0.3) is 0 Å². The zero-order chi connectivity index (χ0) is 15.8. The van der Waals surface area contributed by atoms with E-state index in [2.05, 4.69) is 4.98 Å². The maximum atomic E-state index is 11.2. The van der Waals surface area contributed by atoms with Crippen molar-refractivity contribution in [2.75, 3.05) is 0 Å². The molecule has 0 N–H and O–H groups in total. The van der Waals surface area contributed by atoms with E-state index < -0.39 is 0 Å². The van der Waals surface area contributed by atoms with E-state index in [1.165, 1.54) is 0 Å². The molecule has 12 heteroatoms. The number of rotatable bonds is 0. The van der Waals surface area contributed by atoms with Crippen LogP contribution >= 0.6 is 0 Å². The maximum Gasteiger partial charge on any atom is 0.236 e. The molecule has 2 rings (SSSR count). The number of fused-ring (bicyclic) bond motifs is 1. The van der Waals surface area contributed by atoms with Gasteiger partial charge in [-0.25, -0.2) is 4.98 Å². The molecule has 1 aromatic heterocycles. The highest BCUT2D eigenvalue weighted by molar-refractivity contribution is 5.85. The van der Waals surface area contributed by atoms with Crippen LogP contribution in [0.25, 0.3) is 6.08 Å². The van der Waals surface area contributed by atoms with Crippen molar-refractivity contribution in [1.29, 1.82) is 0 Å². The summed E-state index contributed by atoms with van der Waals surface area (Å²) in [4.78, 5) is 15.3. The molecule has 0 radical (unpaired) electrons. The van der Waals surface area contributed by atoms with Crippen LogP contribution in [0.4, 0.5) is 41.3 Å². The second kappa shape index (κ2) is 19.3. The summed E-state index contributed by atoms with van der Waals surface area (Å²) in [6, 6.07) is 0. The normalized spacial score (nSPS) is 9.55. The van der Waals surface area contributed by atoms with E-state index in [9.17, 15) is 4.79 Å². The Balaban J connectivity index is -0.000000124. The van der Waals surface area contributed by atoms with Crippen molar-refractivity contribution in [3.8, 4) is 0 Å². The van der Waals surface area contributed by atoms with Crippen LogP contribution in [0, 0.1) is 6.92 Å². The molecule has 1 aliphatic heterocycles. The molecule has 1 aliphatic rings. The van der Waals surface area contributed by atoms with Crippen molar-refractivity contribution >= 4 is 12.0 Å². The molecule has 0 aliphatic carbocycles. The van der Waals surface area contributed by atoms with Crippen LogP contribution in [0.15, 0.2) is 12.3 Å². The zero-order valence-corrected chi connectivity index (χ0v) is 9.67. The SMILES string of the molecule is Cc1cnc2n1C(=O)CC=C2.F.FF.FF.FF.FF. The minimum absolute atomic E-state index is 0. The molecule has 0 amide bonds. The Kier molecular flexibility index (Phi) is 25.6. The van der Waals surface area contributed by atoms with Gasteiger partial charge in [-0.1, -0.05) is 6.08 Å². The van der Waals surface area contributed by atoms with Gasteiger partial charge in [-0.15, -0.1) is 0 Å². The summed E-state index contributed by atoms with van der Waals surface area (Å²) in [5.41, 5.74) is 0.911. The molecule has 0 aromatic carbocycles. The highest BCUT2D eigenvalue weighted by Crippen LogP contribution is 2.12. The van der Waals surface area contributed by atoms with E-state index >= 15 is 0 Å². The molecule has 3 nitrogen and oxygen atoms in total. The molecular weight excluding hydrogens is 311 g/mol. The number of nitrogens with zero attached hydrogens (tertiary/aromatic N) is 2. The van der Waals surface area contributed by atoms with Gasteiger partial charge in [0.15, 0.2) is 0 Å². The number of hydrogen-bond acceptors (Lipinski definition) is 2. The number of carbonyl (C=O) groups excluding carboxylic acids is 1. The Labute approximate surface area is 106 Å². The molecule has 0 spiro atoms. The molecule has 2 heterocycles. The average molecular weight is 320 g/mol. The van der Waals surface area contributed by atoms with Crippen LogP contribution in [-0.2, 0) is 0 Å². The first-order valence-electron chi connectivity index (χ1n) is 4.10. The molecule has 0 saturated carbocycles. The van der Waals surface area contributed by atoms with Gasteiger partial charge in [0.2, 0.25) is 5.91 Å². The Morgan fingerprint density at radius 2 is 1.50 bits per heavy atom. The first-order valence-corrected chi connectivity index (χ1v) is 4.10. The van der Waals surface area contributed by atoms with Gasteiger partial charge in [-0.2, -0.15) is 0 Å². The lowest BCUT2D eigenvalue weighted by Crippen LogP contribution is -2.15. The summed E-state index contributed by atoms with van der Waals surface area (Å²) < 4.78 is 65.6. The van der Waals surface area contributed by atoms with E-state index in [1.54, 1.807) is 10.8 Å². The van der Waals surface area contributed by atoms with Gasteiger partial charge in [-0.3, -0.25) is 14.1 Å². The summed E-state index contributed by atoms with van der Waals surface area (Å²) in [7, 11) is 0. The zero-order valence-electron chi connectivity index (χ0n) is 9.67. The number of aromatic nitrogens is 2. The smallest absolute Gasteiger partial charge is 0.236 e. The molecule has 0 bridgehead atoms. The number of hydrogen-bond donors (Lipinski definition) is 0. The number of halogens is 9. The fourth-order valence-corrected chi connectivity index (χ4v) is 1.25. The molecule has 0 atom stereocenters. The predicted octanol–water partition coefficient (Wildman–Crippen LogP) is 4.76. The lowest BCUT2D eigenvalue weighted by molar-refractivity contribution is 0.0912. The van der Waals surface area contributed by atoms with Crippen LogP contribution in [0.1, 0.15) is 22.7 Å². The van der Waals surface area contributed by atoms with Gasteiger partial charge in [0, 0.05) is 54.9 Å². The molecule has 0 unspecified atom stereocenters. The van der Waals surface area contributed by atoms with Crippen molar-refractivity contribution in [2.24, 2.45) is 0 Å². The standard InChI is InChI=1S/C8H8N2O.4F2.FH/c1-6-5-9-7-3-2-4-8(11)10(6)7;4*1-2;/h2-3,5H,4H2,1H3;;;;;1H. The Bertz CT molecular complexity index is 356. The molecule has 0 saturated heterocycles. The van der Waals surface area contributed by atoms with Crippen molar-refractivity contribution in [3.63, 3.8) is 0 Å². The minimum atomic E-state index is 0. The average Bonchev–Trinajstić information content (AvgIpc) is 2.90. The molecule has 0 fully saturated rings. The van der Waals surface area contributed by atoms with Crippen molar-refractivity contribution in [2.45, 2.75) is 13.3 Å². The first-order chi connectivity index (χ1) is 9.29. The topological polar surface area (TPSA) is 34.9 Å². The lowest BCUT2D eigenvalue weighted by Gasteiger charge is -2.07. The van der Waals surface area contributed by atoms with E-state index in [1.807, 2.05) is 19.1 Å². The highest BCUT2D eigenvalue weighted by Gasteiger charge is 2.13. The number of carbonyl (C=O) groups is 1. The molecule has 20 heavy (non-hydrogen) atoms. The maximum absolute atomic E-state index is 11.2. The fraction of sp³-hybridized carbons (Fsp3) is 0.250. The van der Waals surface area contributed by atoms with Crippen LogP contribution in [0.3, 0.4) is 0 Å². The van der Waals surface area contributed by atoms with Crippen LogP contribution in [0.2, 0.25) is 0 Å². The first kappa shape index (κ1) is 26.5. The van der Waals surface area contributed by atoms with Crippen LogP contribution in [0.5, 0.6) is 0 Å². The summed E-state index contributed by atoms with van der Waals surface area (Å²) in [5.74, 6) is 0.858. The number of imidazole rings is 1. The Hall–Kier alpha value is -2.01. The van der Waals surface area contributed by atoms with Crippen molar-refractivity contribution < 1.29 is 46.1 Å². The minimum Gasteiger partial charge on any atom is -0.274 e. The Morgan fingerprint density at radius 1 is 1.05 bits per heavy atom. The van der Waals surface area contributed by atoms with Gasteiger partial charge in [0.1, 0.15) is 5.82 Å². The van der Waals surface area contributed by atoms with E-state index in [4.69, 9.17) is 36.6 Å². The van der Waals surface area contributed by atoms with E-state index in [-0.39, 0.29) is 10.6 Å². The monoisotopic (exact) mass is 320 g/mol. The second-order valence-electron chi connectivity index (χ2n) is 2.59. The van der Waals surface area contributed by atoms with Crippen molar-refractivity contribution in [1.82, 2.24) is 9.55 Å². The molecule has 1 aromatic rings. The molecular formula is C8H9F9N2O. The van der Waals surface area contributed by atoms with Gasteiger partial charge >= 0.3 is 0 Å². The second-order valence-corrected chi connectivity index (χ2v) is 2.59. The van der Waals surface area contributed by atoms with Crippen LogP contribution < -0.4 is 0 Å². The third kappa shape index (κ3) is 8.16. The van der Waals surface area contributed by atoms with Crippen molar-refractivity contribution in [3.05, 3.63) is 23.8 Å². The van der Waals surface area contributed by atoms with E-state index in [0.717, 1.165) is 11.5 Å². The summed E-state index contributed by atoms with van der Waals surface area (Å²) in [6.07, 6.45) is 5.91. The quantitative estimate of drug-likeness (QED) is 0.646. The summed E-state index contributed by atoms with van der Waals surface area (Å²) in [6.45, 7) is 1.88. The highest BCUT2D eigenvalue weighted by atomic mass is 20.0. The predicted molar refractivity (Wildman–Crippen MR) is 52.6 cm³/mol. The van der Waals surface area contributed by atoms with E-state index in [0.29, 0.717) is 6.42 Å². The fourth-order valence-electron chi connectivity index (χ4n) is 1.25.